The van der Waals surface area contributed by atoms with Crippen molar-refractivity contribution in [1.82, 2.24) is 10.2 Å². The molecule has 0 aliphatic carbocycles. The Kier molecular flexibility index (Phi) is 2.95. The smallest absolute Gasteiger partial charge is 0.145 e. The van der Waals surface area contributed by atoms with Gasteiger partial charge in [-0.15, -0.1) is 0 Å². The van der Waals surface area contributed by atoms with Crippen LogP contribution < -0.4 is 5.32 Å². The van der Waals surface area contributed by atoms with Crippen LogP contribution >= 0.6 is 11.6 Å². The number of nitriles is 2. The van der Waals surface area contributed by atoms with E-state index in [1.807, 2.05) is 6.07 Å². The van der Waals surface area contributed by atoms with E-state index in [-0.39, 0.29) is 5.57 Å². The number of halogens is 1. The Hall–Kier alpha value is -2.50. The van der Waals surface area contributed by atoms with Gasteiger partial charge in [0.25, 0.3) is 0 Å². The van der Waals surface area contributed by atoms with Gasteiger partial charge in [-0.25, -0.2) is 0 Å². The summed E-state index contributed by atoms with van der Waals surface area (Å²) in [5.41, 5.74) is 1.38. The van der Waals surface area contributed by atoms with Crippen molar-refractivity contribution in [3.8, 4) is 12.1 Å². The van der Waals surface area contributed by atoms with Gasteiger partial charge in [0.15, 0.2) is 0 Å². The van der Waals surface area contributed by atoms with Gasteiger partial charge in [0.2, 0.25) is 0 Å². The number of rotatable bonds is 2. The molecule has 0 spiro atoms. The highest BCUT2D eigenvalue weighted by Crippen LogP contribution is 2.28. The van der Waals surface area contributed by atoms with Crippen LogP contribution in [0.3, 0.4) is 0 Å². The minimum absolute atomic E-state index is 0.0124. The number of H-pyrrole nitrogens is 1. The molecule has 0 bridgehead atoms. The van der Waals surface area contributed by atoms with Crippen molar-refractivity contribution in [2.75, 3.05) is 5.32 Å². The number of anilines is 1. The Morgan fingerprint density at radius 3 is 2.88 bits per heavy atom. The molecule has 0 saturated carbocycles. The van der Waals surface area contributed by atoms with E-state index in [9.17, 15) is 0 Å². The van der Waals surface area contributed by atoms with Crippen molar-refractivity contribution in [3.05, 3.63) is 35.1 Å². The molecule has 0 saturated heterocycles. The highest BCUT2D eigenvalue weighted by molar-refractivity contribution is 6.35. The number of aromatic nitrogens is 2. The van der Waals surface area contributed by atoms with Crippen LogP contribution in [0.15, 0.2) is 30.0 Å². The lowest BCUT2D eigenvalue weighted by Gasteiger charge is -2.01. The molecule has 0 aliphatic rings. The van der Waals surface area contributed by atoms with Gasteiger partial charge in [-0.05, 0) is 12.1 Å². The summed E-state index contributed by atoms with van der Waals surface area (Å²) in [6.45, 7) is 0. The van der Waals surface area contributed by atoms with Crippen molar-refractivity contribution in [1.29, 1.82) is 10.5 Å². The average Bonchev–Trinajstić information content (AvgIpc) is 2.73. The van der Waals surface area contributed by atoms with E-state index in [0.29, 0.717) is 16.4 Å². The number of aromatic amines is 1. The van der Waals surface area contributed by atoms with Gasteiger partial charge in [-0.1, -0.05) is 17.7 Å². The number of fused-ring (bicyclic) bond motifs is 1. The maximum atomic E-state index is 8.61. The van der Waals surface area contributed by atoms with Gasteiger partial charge >= 0.3 is 0 Å². The minimum atomic E-state index is -0.0124. The van der Waals surface area contributed by atoms with E-state index in [1.54, 1.807) is 24.3 Å². The average molecular weight is 244 g/mol. The van der Waals surface area contributed by atoms with Crippen molar-refractivity contribution in [2.45, 2.75) is 0 Å². The van der Waals surface area contributed by atoms with Gasteiger partial charge in [-0.3, -0.25) is 5.10 Å². The van der Waals surface area contributed by atoms with Crippen LogP contribution in [0.1, 0.15) is 0 Å². The first-order valence-corrected chi connectivity index (χ1v) is 5.03. The highest BCUT2D eigenvalue weighted by atomic mass is 35.5. The molecule has 0 unspecified atom stereocenters. The summed E-state index contributed by atoms with van der Waals surface area (Å²) in [5.74, 6) is 0. The summed E-state index contributed by atoms with van der Waals surface area (Å²) < 4.78 is 0. The lowest BCUT2D eigenvalue weighted by molar-refractivity contribution is 1.12. The monoisotopic (exact) mass is 243 g/mol. The molecule has 0 radical (unpaired) electrons. The van der Waals surface area contributed by atoms with E-state index >= 15 is 0 Å². The number of hydrogen-bond donors (Lipinski definition) is 2. The zero-order chi connectivity index (χ0) is 12.3. The minimum Gasteiger partial charge on any atom is -0.359 e. The quantitative estimate of drug-likeness (QED) is 0.794. The Bertz CT molecular complexity index is 655. The van der Waals surface area contributed by atoms with Crippen LogP contribution in [-0.4, -0.2) is 10.2 Å². The Morgan fingerprint density at radius 2 is 2.18 bits per heavy atom. The van der Waals surface area contributed by atoms with Crippen LogP contribution in [0.2, 0.25) is 5.15 Å². The third-order valence-corrected chi connectivity index (χ3v) is 2.42. The van der Waals surface area contributed by atoms with E-state index in [0.717, 1.165) is 5.39 Å². The summed E-state index contributed by atoms with van der Waals surface area (Å²) in [5, 5.41) is 27.9. The second-order valence-corrected chi connectivity index (χ2v) is 3.54. The number of allylic oxidation sites excluding steroid dienone is 1. The zero-order valence-electron chi connectivity index (χ0n) is 8.53. The first-order valence-electron chi connectivity index (χ1n) is 4.65. The molecule has 1 heterocycles. The molecule has 1 aromatic heterocycles. The standard InChI is InChI=1S/C11H6ClN5/c12-11-10-8(15-6-7(4-13)5-14)2-1-3-9(10)16-17-11/h1-3,6,15H,(H,16,17). The Morgan fingerprint density at radius 1 is 1.41 bits per heavy atom. The van der Waals surface area contributed by atoms with Gasteiger partial charge in [0.05, 0.1) is 16.6 Å². The molecular formula is C11H6ClN5. The summed E-state index contributed by atoms with van der Waals surface area (Å²) in [4.78, 5) is 0. The molecule has 2 aromatic rings. The largest absolute Gasteiger partial charge is 0.359 e. The molecule has 1 aromatic carbocycles. The van der Waals surface area contributed by atoms with Crippen molar-refractivity contribution in [3.63, 3.8) is 0 Å². The van der Waals surface area contributed by atoms with Crippen LogP contribution in [0.25, 0.3) is 10.9 Å². The highest BCUT2D eigenvalue weighted by Gasteiger charge is 2.07. The van der Waals surface area contributed by atoms with Crippen molar-refractivity contribution in [2.24, 2.45) is 0 Å². The second kappa shape index (κ2) is 4.56. The van der Waals surface area contributed by atoms with E-state index in [1.165, 1.54) is 6.20 Å². The maximum Gasteiger partial charge on any atom is 0.145 e. The molecule has 82 valence electrons. The number of nitrogens with zero attached hydrogens (tertiary/aromatic N) is 3. The summed E-state index contributed by atoms with van der Waals surface area (Å²) in [6, 6.07) is 8.91. The van der Waals surface area contributed by atoms with E-state index < -0.39 is 0 Å². The van der Waals surface area contributed by atoms with Crippen LogP contribution in [-0.2, 0) is 0 Å². The molecular weight excluding hydrogens is 238 g/mol. The molecule has 0 atom stereocenters. The molecule has 0 amide bonds. The number of benzene rings is 1. The number of hydrogen-bond acceptors (Lipinski definition) is 4. The molecule has 17 heavy (non-hydrogen) atoms. The second-order valence-electron chi connectivity index (χ2n) is 3.16. The summed E-state index contributed by atoms with van der Waals surface area (Å²) in [7, 11) is 0. The lowest BCUT2D eigenvalue weighted by atomic mass is 10.2. The molecule has 0 aliphatic heterocycles. The fourth-order valence-electron chi connectivity index (χ4n) is 1.39. The third-order valence-electron chi connectivity index (χ3n) is 2.15. The normalized spacial score (nSPS) is 9.35. The maximum absolute atomic E-state index is 8.61. The van der Waals surface area contributed by atoms with Crippen molar-refractivity contribution < 1.29 is 0 Å². The van der Waals surface area contributed by atoms with E-state index in [2.05, 4.69) is 15.5 Å². The fraction of sp³-hybridized carbons (Fsp3) is 0. The summed E-state index contributed by atoms with van der Waals surface area (Å²) >= 11 is 5.95. The van der Waals surface area contributed by atoms with Crippen LogP contribution in [0.4, 0.5) is 5.69 Å². The fourth-order valence-corrected chi connectivity index (χ4v) is 1.63. The van der Waals surface area contributed by atoms with Gasteiger partial charge in [0.1, 0.15) is 22.9 Å². The third kappa shape index (κ3) is 2.05. The van der Waals surface area contributed by atoms with Gasteiger partial charge in [-0.2, -0.15) is 15.6 Å². The molecule has 2 N–H and O–H groups in total. The first-order chi connectivity index (χ1) is 8.26. The summed E-state index contributed by atoms with van der Waals surface area (Å²) in [6.07, 6.45) is 1.33. The Labute approximate surface area is 102 Å². The Balaban J connectivity index is 2.44. The predicted molar refractivity (Wildman–Crippen MR) is 64.0 cm³/mol. The van der Waals surface area contributed by atoms with Gasteiger partial charge < -0.3 is 5.32 Å². The van der Waals surface area contributed by atoms with Crippen LogP contribution in [0.5, 0.6) is 0 Å². The molecule has 6 heteroatoms. The molecule has 2 rings (SSSR count). The first kappa shape index (κ1) is 11.0. The lowest BCUT2D eigenvalue weighted by Crippen LogP contribution is -1.90. The van der Waals surface area contributed by atoms with E-state index in [4.69, 9.17) is 22.1 Å². The van der Waals surface area contributed by atoms with Crippen LogP contribution in [0, 0.1) is 22.7 Å². The molecule has 0 fully saturated rings. The van der Waals surface area contributed by atoms with Crippen molar-refractivity contribution >= 4 is 28.2 Å². The predicted octanol–water partition coefficient (Wildman–Crippen LogP) is 2.56. The van der Waals surface area contributed by atoms with Gasteiger partial charge in [0, 0.05) is 6.20 Å². The number of nitrogens with one attached hydrogen (secondary N) is 2. The molecule has 5 nitrogen and oxygen atoms in total. The SMILES string of the molecule is N#CC(C#N)=CNc1cccc2n[nH]c(Cl)c12. The zero-order valence-corrected chi connectivity index (χ0v) is 9.28. The topological polar surface area (TPSA) is 88.3 Å².